The predicted molar refractivity (Wildman–Crippen MR) is 93.0 cm³/mol. The largest absolute Gasteiger partial charge is 0.357 e. The van der Waals surface area contributed by atoms with Crippen molar-refractivity contribution in [1.82, 2.24) is 14.5 Å². The number of hydrogen-bond donors (Lipinski definition) is 1. The minimum absolute atomic E-state index is 0.169. The van der Waals surface area contributed by atoms with Crippen LogP contribution in [0.3, 0.4) is 0 Å². The number of nitrogens with one attached hydrogen (secondary N) is 1. The second-order valence-corrected chi connectivity index (χ2v) is 7.98. The summed E-state index contributed by atoms with van der Waals surface area (Å²) >= 11 is 5.85. The van der Waals surface area contributed by atoms with Crippen molar-refractivity contribution < 1.29 is 18.0 Å². The maximum atomic E-state index is 12.5. The van der Waals surface area contributed by atoms with E-state index < -0.39 is 22.0 Å². The third-order valence-electron chi connectivity index (χ3n) is 3.60. The second-order valence-electron chi connectivity index (χ2n) is 5.46. The van der Waals surface area contributed by atoms with Crippen molar-refractivity contribution in [2.45, 2.75) is 19.5 Å². The van der Waals surface area contributed by atoms with Crippen molar-refractivity contribution in [1.29, 1.82) is 0 Å². The summed E-state index contributed by atoms with van der Waals surface area (Å²) < 4.78 is 24.0. The van der Waals surface area contributed by atoms with Crippen LogP contribution in [0.5, 0.6) is 0 Å². The Bertz CT molecular complexity index is 691. The fourth-order valence-corrected chi connectivity index (χ4v) is 2.45. The smallest absolute Gasteiger partial charge is 0.242 e. The van der Waals surface area contributed by atoms with E-state index in [1.165, 1.54) is 19.0 Å². The molecule has 0 saturated heterocycles. The Labute approximate surface area is 147 Å². The van der Waals surface area contributed by atoms with E-state index >= 15 is 0 Å². The number of hydrogen-bond acceptors (Lipinski definition) is 4. The van der Waals surface area contributed by atoms with Crippen molar-refractivity contribution in [2.75, 3.05) is 26.9 Å². The van der Waals surface area contributed by atoms with E-state index in [1.807, 2.05) is 0 Å². The summed E-state index contributed by atoms with van der Waals surface area (Å²) in [7, 11) is -0.697. The Morgan fingerprint density at radius 3 is 2.25 bits per heavy atom. The third kappa shape index (κ3) is 5.77. The minimum atomic E-state index is -3.49. The standard InChI is InChI=1S/C15H22ClN3O4S/c1-11(15(21)17-2)19(9-12-5-7-13(16)8-6-12)14(20)10-18(3)24(4,22)23/h5-8,11H,9-10H2,1-4H3,(H,17,21)/t11-/m1/s1. The molecule has 0 spiro atoms. The Morgan fingerprint density at radius 2 is 1.79 bits per heavy atom. The van der Waals surface area contributed by atoms with Crippen molar-refractivity contribution in [2.24, 2.45) is 0 Å². The number of carbonyl (C=O) groups excluding carboxylic acids is 2. The molecule has 0 radical (unpaired) electrons. The van der Waals surface area contributed by atoms with Crippen LogP contribution in [0.2, 0.25) is 5.02 Å². The molecule has 1 aromatic rings. The molecule has 1 atom stereocenters. The molecule has 0 aliphatic rings. The molecule has 0 heterocycles. The van der Waals surface area contributed by atoms with Gasteiger partial charge in [0.25, 0.3) is 0 Å². The molecule has 0 saturated carbocycles. The highest BCUT2D eigenvalue weighted by Gasteiger charge is 2.27. The van der Waals surface area contributed by atoms with Gasteiger partial charge in [-0.25, -0.2) is 8.42 Å². The molecular weight excluding hydrogens is 354 g/mol. The lowest BCUT2D eigenvalue weighted by molar-refractivity contribution is -0.140. The summed E-state index contributed by atoms with van der Waals surface area (Å²) in [5.41, 5.74) is 0.783. The quantitative estimate of drug-likeness (QED) is 0.759. The molecule has 0 bridgehead atoms. The van der Waals surface area contributed by atoms with Gasteiger partial charge in [0.05, 0.1) is 12.8 Å². The second kappa shape index (κ2) is 8.46. The van der Waals surface area contributed by atoms with Gasteiger partial charge in [0.2, 0.25) is 21.8 Å². The molecule has 1 N–H and O–H groups in total. The van der Waals surface area contributed by atoms with E-state index in [0.717, 1.165) is 16.1 Å². The topological polar surface area (TPSA) is 86.8 Å². The number of rotatable bonds is 7. The number of nitrogens with zero attached hydrogens (tertiary/aromatic N) is 2. The Hall–Kier alpha value is -1.64. The highest BCUT2D eigenvalue weighted by atomic mass is 35.5. The Balaban J connectivity index is 3.02. The molecule has 0 unspecified atom stereocenters. The molecule has 1 aromatic carbocycles. The first kappa shape index (κ1) is 20.4. The van der Waals surface area contributed by atoms with Crippen LogP contribution in [0.1, 0.15) is 12.5 Å². The zero-order chi connectivity index (χ0) is 18.5. The number of benzene rings is 1. The molecule has 0 aliphatic heterocycles. The Morgan fingerprint density at radius 1 is 1.25 bits per heavy atom. The third-order valence-corrected chi connectivity index (χ3v) is 5.12. The summed E-state index contributed by atoms with van der Waals surface area (Å²) in [5, 5.41) is 3.06. The Kier molecular flexibility index (Phi) is 7.19. The van der Waals surface area contributed by atoms with Crippen LogP contribution in [0.25, 0.3) is 0 Å². The lowest BCUT2D eigenvalue weighted by atomic mass is 10.1. The number of amides is 2. The molecule has 24 heavy (non-hydrogen) atoms. The van der Waals surface area contributed by atoms with Crippen molar-refractivity contribution in [3.63, 3.8) is 0 Å². The van der Waals surface area contributed by atoms with E-state index in [1.54, 1.807) is 31.2 Å². The average molecular weight is 376 g/mol. The van der Waals surface area contributed by atoms with Crippen LogP contribution in [-0.2, 0) is 26.2 Å². The maximum Gasteiger partial charge on any atom is 0.242 e. The first-order valence-electron chi connectivity index (χ1n) is 7.23. The fraction of sp³-hybridized carbons (Fsp3) is 0.467. The predicted octanol–water partition coefficient (Wildman–Crippen LogP) is 0.694. The van der Waals surface area contributed by atoms with E-state index in [2.05, 4.69) is 5.32 Å². The molecule has 1 rings (SSSR count). The van der Waals surface area contributed by atoms with Gasteiger partial charge in [-0.2, -0.15) is 4.31 Å². The molecule has 0 aliphatic carbocycles. The molecule has 0 fully saturated rings. The molecule has 7 nitrogen and oxygen atoms in total. The van der Waals surface area contributed by atoms with Crippen molar-refractivity contribution in [3.05, 3.63) is 34.9 Å². The summed E-state index contributed by atoms with van der Waals surface area (Å²) in [4.78, 5) is 25.8. The van der Waals surface area contributed by atoms with E-state index in [0.29, 0.717) is 5.02 Å². The summed E-state index contributed by atoms with van der Waals surface area (Å²) in [6, 6.07) is 6.13. The number of carbonyl (C=O) groups is 2. The van der Waals surface area contributed by atoms with Gasteiger partial charge in [-0.3, -0.25) is 9.59 Å². The van der Waals surface area contributed by atoms with Gasteiger partial charge in [-0.05, 0) is 24.6 Å². The first-order chi connectivity index (χ1) is 11.1. The number of halogens is 1. The summed E-state index contributed by atoms with van der Waals surface area (Å²) in [5.74, 6) is -0.798. The van der Waals surface area contributed by atoms with Gasteiger partial charge in [0, 0.05) is 25.7 Å². The minimum Gasteiger partial charge on any atom is -0.357 e. The van der Waals surface area contributed by atoms with Crippen LogP contribution in [0.15, 0.2) is 24.3 Å². The van der Waals surface area contributed by atoms with E-state index in [4.69, 9.17) is 11.6 Å². The highest BCUT2D eigenvalue weighted by Crippen LogP contribution is 2.14. The van der Waals surface area contributed by atoms with Gasteiger partial charge in [-0.15, -0.1) is 0 Å². The van der Waals surface area contributed by atoms with Crippen molar-refractivity contribution >= 4 is 33.4 Å². The number of likely N-dealkylation sites (N-methyl/N-ethyl adjacent to an activating group) is 2. The molecule has 134 valence electrons. The van der Waals surface area contributed by atoms with Crippen LogP contribution >= 0.6 is 11.6 Å². The van der Waals surface area contributed by atoms with Crippen molar-refractivity contribution in [3.8, 4) is 0 Å². The molecular formula is C15H22ClN3O4S. The molecule has 0 aromatic heterocycles. The SMILES string of the molecule is CNC(=O)[C@@H](C)N(Cc1ccc(Cl)cc1)C(=O)CN(C)S(C)(=O)=O. The highest BCUT2D eigenvalue weighted by molar-refractivity contribution is 7.88. The van der Waals surface area contributed by atoms with Crippen LogP contribution < -0.4 is 5.32 Å². The van der Waals surface area contributed by atoms with Gasteiger partial charge in [0.1, 0.15) is 6.04 Å². The molecule has 9 heteroatoms. The zero-order valence-corrected chi connectivity index (χ0v) is 15.7. The van der Waals surface area contributed by atoms with Crippen LogP contribution in [0, 0.1) is 0 Å². The molecule has 2 amide bonds. The van der Waals surface area contributed by atoms with Crippen LogP contribution in [0.4, 0.5) is 0 Å². The summed E-state index contributed by atoms with van der Waals surface area (Å²) in [6.45, 7) is 1.42. The van der Waals surface area contributed by atoms with E-state index in [9.17, 15) is 18.0 Å². The lowest BCUT2D eigenvalue weighted by Crippen LogP contribution is -2.50. The average Bonchev–Trinajstić information content (AvgIpc) is 2.51. The fourth-order valence-electron chi connectivity index (χ4n) is 1.98. The zero-order valence-electron chi connectivity index (χ0n) is 14.1. The van der Waals surface area contributed by atoms with Crippen LogP contribution in [-0.4, -0.2) is 62.4 Å². The normalized spacial score (nSPS) is 12.8. The number of sulfonamides is 1. The van der Waals surface area contributed by atoms with Gasteiger partial charge in [0.15, 0.2) is 0 Å². The van der Waals surface area contributed by atoms with Gasteiger partial charge >= 0.3 is 0 Å². The monoisotopic (exact) mass is 375 g/mol. The first-order valence-corrected chi connectivity index (χ1v) is 9.45. The maximum absolute atomic E-state index is 12.5. The lowest BCUT2D eigenvalue weighted by Gasteiger charge is -2.29. The van der Waals surface area contributed by atoms with Gasteiger partial charge < -0.3 is 10.2 Å². The van der Waals surface area contributed by atoms with E-state index in [-0.39, 0.29) is 19.0 Å². The van der Waals surface area contributed by atoms with Gasteiger partial charge in [-0.1, -0.05) is 23.7 Å². The summed E-state index contributed by atoms with van der Waals surface area (Å²) in [6.07, 6.45) is 1.02.